The average molecular weight is 300 g/mol. The van der Waals surface area contributed by atoms with Gasteiger partial charge in [-0.05, 0) is 19.8 Å². The lowest BCUT2D eigenvalue weighted by molar-refractivity contribution is 0.0632. The van der Waals surface area contributed by atoms with Gasteiger partial charge in [0.25, 0.3) is 0 Å². The lowest BCUT2D eigenvalue weighted by Crippen LogP contribution is -2.40. The molecule has 0 unspecified atom stereocenters. The molecule has 0 spiro atoms. The Kier molecular flexibility index (Phi) is 4.90. The van der Waals surface area contributed by atoms with Crippen LogP contribution in [0.5, 0.6) is 0 Å². The van der Waals surface area contributed by atoms with E-state index in [0.29, 0.717) is 38.5 Å². The van der Waals surface area contributed by atoms with Crippen LogP contribution in [0, 0.1) is 0 Å². The molecule has 2 heterocycles. The molecular weight excluding hydrogens is 280 g/mol. The summed E-state index contributed by atoms with van der Waals surface area (Å²) in [7, 11) is -1.94. The standard InChI is InChI=1S/C12H20N4O3S/c1-3-13-12-14-8-11(9-15-12)20(17,18)16(2)10-4-6-19-7-5-10/h8-10H,3-7H2,1-2H3,(H,13,14,15). The fourth-order valence-electron chi connectivity index (χ4n) is 2.11. The van der Waals surface area contributed by atoms with Crippen LogP contribution in [0.3, 0.4) is 0 Å². The zero-order valence-electron chi connectivity index (χ0n) is 11.7. The van der Waals surface area contributed by atoms with Crippen LogP contribution in [-0.2, 0) is 14.8 Å². The third-order valence-corrected chi connectivity index (χ3v) is 5.21. The van der Waals surface area contributed by atoms with Gasteiger partial charge in [-0.15, -0.1) is 0 Å². The minimum absolute atomic E-state index is 0.0257. The zero-order valence-corrected chi connectivity index (χ0v) is 12.6. The highest BCUT2D eigenvalue weighted by molar-refractivity contribution is 7.89. The van der Waals surface area contributed by atoms with Gasteiger partial charge in [0.15, 0.2) is 0 Å². The molecule has 1 aliphatic rings. The second-order valence-electron chi connectivity index (χ2n) is 4.64. The Labute approximate surface area is 119 Å². The molecule has 0 aromatic carbocycles. The third kappa shape index (κ3) is 3.25. The third-order valence-electron chi connectivity index (χ3n) is 3.35. The Hall–Kier alpha value is -1.25. The number of aromatic nitrogens is 2. The van der Waals surface area contributed by atoms with Crippen molar-refractivity contribution >= 4 is 16.0 Å². The number of sulfonamides is 1. The second kappa shape index (κ2) is 6.47. The summed E-state index contributed by atoms with van der Waals surface area (Å²) in [5, 5.41) is 2.93. The smallest absolute Gasteiger partial charge is 0.246 e. The van der Waals surface area contributed by atoms with Gasteiger partial charge in [-0.25, -0.2) is 18.4 Å². The van der Waals surface area contributed by atoms with Crippen LogP contribution in [0.4, 0.5) is 5.95 Å². The molecule has 0 amide bonds. The zero-order chi connectivity index (χ0) is 14.6. The van der Waals surface area contributed by atoms with Gasteiger partial charge < -0.3 is 10.1 Å². The molecule has 2 rings (SSSR count). The minimum Gasteiger partial charge on any atom is -0.381 e. The quantitative estimate of drug-likeness (QED) is 0.862. The predicted octanol–water partition coefficient (Wildman–Crippen LogP) is 0.708. The molecule has 1 aliphatic heterocycles. The highest BCUT2D eigenvalue weighted by Gasteiger charge is 2.29. The maximum Gasteiger partial charge on any atom is 0.246 e. The molecule has 0 aliphatic carbocycles. The fourth-order valence-corrected chi connectivity index (χ4v) is 3.42. The van der Waals surface area contributed by atoms with E-state index in [1.807, 2.05) is 6.92 Å². The van der Waals surface area contributed by atoms with Crippen molar-refractivity contribution < 1.29 is 13.2 Å². The highest BCUT2D eigenvalue weighted by atomic mass is 32.2. The molecule has 1 aromatic heterocycles. The summed E-state index contributed by atoms with van der Waals surface area (Å²) in [4.78, 5) is 8.14. The SMILES string of the molecule is CCNc1ncc(S(=O)(=O)N(C)C2CCOCC2)cn1. The van der Waals surface area contributed by atoms with Crippen molar-refractivity contribution in [3.63, 3.8) is 0 Å². The van der Waals surface area contributed by atoms with Crippen LogP contribution < -0.4 is 5.32 Å². The van der Waals surface area contributed by atoms with Gasteiger partial charge in [0.1, 0.15) is 4.90 Å². The first-order chi connectivity index (χ1) is 9.55. The van der Waals surface area contributed by atoms with Gasteiger partial charge in [0.2, 0.25) is 16.0 Å². The van der Waals surface area contributed by atoms with Crippen molar-refractivity contribution in [1.29, 1.82) is 0 Å². The van der Waals surface area contributed by atoms with Crippen LogP contribution in [0.15, 0.2) is 17.3 Å². The number of ether oxygens (including phenoxy) is 1. The Bertz CT molecular complexity index is 526. The Morgan fingerprint density at radius 1 is 1.35 bits per heavy atom. The molecule has 0 atom stereocenters. The maximum atomic E-state index is 12.5. The molecule has 0 radical (unpaired) electrons. The molecule has 1 aromatic rings. The van der Waals surface area contributed by atoms with E-state index in [2.05, 4.69) is 15.3 Å². The predicted molar refractivity (Wildman–Crippen MR) is 75.0 cm³/mol. The summed E-state index contributed by atoms with van der Waals surface area (Å²) in [5.74, 6) is 0.431. The summed E-state index contributed by atoms with van der Waals surface area (Å²) in [6.07, 6.45) is 4.12. The minimum atomic E-state index is -3.55. The Morgan fingerprint density at radius 2 is 1.95 bits per heavy atom. The largest absolute Gasteiger partial charge is 0.381 e. The van der Waals surface area contributed by atoms with Crippen molar-refractivity contribution in [2.24, 2.45) is 0 Å². The summed E-state index contributed by atoms with van der Waals surface area (Å²) in [6.45, 7) is 3.81. The van der Waals surface area contributed by atoms with Crippen LogP contribution in [0.2, 0.25) is 0 Å². The van der Waals surface area contributed by atoms with Gasteiger partial charge in [0.05, 0.1) is 12.4 Å². The first-order valence-corrected chi connectivity index (χ1v) is 8.11. The van der Waals surface area contributed by atoms with E-state index >= 15 is 0 Å². The van der Waals surface area contributed by atoms with Crippen molar-refractivity contribution in [2.75, 3.05) is 32.1 Å². The number of anilines is 1. The number of hydrogen-bond donors (Lipinski definition) is 1. The fraction of sp³-hybridized carbons (Fsp3) is 0.667. The molecule has 1 saturated heterocycles. The average Bonchev–Trinajstić information content (AvgIpc) is 2.48. The number of rotatable bonds is 5. The number of nitrogens with zero attached hydrogens (tertiary/aromatic N) is 3. The molecule has 0 saturated carbocycles. The van der Waals surface area contributed by atoms with Crippen molar-refractivity contribution in [2.45, 2.75) is 30.7 Å². The van der Waals surface area contributed by atoms with Crippen LogP contribution in [0.1, 0.15) is 19.8 Å². The molecular formula is C12H20N4O3S. The lowest BCUT2D eigenvalue weighted by atomic mass is 10.1. The summed E-state index contributed by atoms with van der Waals surface area (Å²) in [5.41, 5.74) is 0. The summed E-state index contributed by atoms with van der Waals surface area (Å²) < 4.78 is 31.6. The number of nitrogens with one attached hydrogen (secondary N) is 1. The van der Waals surface area contributed by atoms with Gasteiger partial charge in [0, 0.05) is 32.8 Å². The lowest BCUT2D eigenvalue weighted by Gasteiger charge is -2.30. The van der Waals surface area contributed by atoms with Crippen LogP contribution in [-0.4, -0.2) is 55.5 Å². The van der Waals surface area contributed by atoms with E-state index < -0.39 is 10.0 Å². The molecule has 7 nitrogen and oxygen atoms in total. The van der Waals surface area contributed by atoms with Crippen LogP contribution in [0.25, 0.3) is 0 Å². The first-order valence-electron chi connectivity index (χ1n) is 6.67. The Balaban J connectivity index is 2.15. The topological polar surface area (TPSA) is 84.4 Å². The molecule has 8 heteroatoms. The monoisotopic (exact) mass is 300 g/mol. The molecule has 1 fully saturated rings. The molecule has 20 heavy (non-hydrogen) atoms. The Morgan fingerprint density at radius 3 is 2.50 bits per heavy atom. The van der Waals surface area contributed by atoms with E-state index in [0.717, 1.165) is 0 Å². The van der Waals surface area contributed by atoms with Crippen molar-refractivity contribution in [1.82, 2.24) is 14.3 Å². The van der Waals surface area contributed by atoms with Crippen molar-refractivity contribution in [3.8, 4) is 0 Å². The summed E-state index contributed by atoms with van der Waals surface area (Å²) >= 11 is 0. The van der Waals surface area contributed by atoms with E-state index in [-0.39, 0.29) is 10.9 Å². The van der Waals surface area contributed by atoms with Gasteiger partial charge in [-0.2, -0.15) is 4.31 Å². The number of hydrogen-bond acceptors (Lipinski definition) is 6. The van der Waals surface area contributed by atoms with Crippen LogP contribution >= 0.6 is 0 Å². The van der Waals surface area contributed by atoms with E-state index in [9.17, 15) is 8.42 Å². The molecule has 1 N–H and O–H groups in total. The maximum absolute atomic E-state index is 12.5. The van der Waals surface area contributed by atoms with E-state index in [1.54, 1.807) is 7.05 Å². The van der Waals surface area contributed by atoms with E-state index in [1.165, 1.54) is 16.7 Å². The van der Waals surface area contributed by atoms with E-state index in [4.69, 9.17) is 4.74 Å². The highest BCUT2D eigenvalue weighted by Crippen LogP contribution is 2.21. The molecule has 0 bridgehead atoms. The van der Waals surface area contributed by atoms with Gasteiger partial charge in [-0.3, -0.25) is 0 Å². The normalized spacial score (nSPS) is 17.4. The molecule has 112 valence electrons. The first kappa shape index (κ1) is 15.1. The van der Waals surface area contributed by atoms with Gasteiger partial charge >= 0.3 is 0 Å². The second-order valence-corrected chi connectivity index (χ2v) is 6.64. The van der Waals surface area contributed by atoms with Gasteiger partial charge in [-0.1, -0.05) is 0 Å². The van der Waals surface area contributed by atoms with Crippen molar-refractivity contribution in [3.05, 3.63) is 12.4 Å². The summed E-state index contributed by atoms with van der Waals surface area (Å²) in [6, 6.07) is -0.0257.